The quantitative estimate of drug-likeness (QED) is 0.713. The minimum Gasteiger partial charge on any atom is -0.494 e. The molecule has 0 saturated heterocycles. The lowest BCUT2D eigenvalue weighted by Crippen LogP contribution is -2.30. The highest BCUT2D eigenvalue weighted by molar-refractivity contribution is 5.99. The van der Waals surface area contributed by atoms with Crippen molar-refractivity contribution in [2.24, 2.45) is 14.1 Å². The first-order valence-electron chi connectivity index (χ1n) is 8.10. The second-order valence-electron chi connectivity index (χ2n) is 6.41. The van der Waals surface area contributed by atoms with E-state index in [0.29, 0.717) is 22.8 Å². The number of aromatic nitrogens is 3. The van der Waals surface area contributed by atoms with E-state index in [2.05, 4.69) is 5.32 Å². The smallest absolute Gasteiger partial charge is 0.256 e. The van der Waals surface area contributed by atoms with Gasteiger partial charge >= 0.3 is 0 Å². The molecule has 0 saturated carbocycles. The van der Waals surface area contributed by atoms with Crippen LogP contribution in [-0.4, -0.2) is 33.2 Å². The normalized spacial score (nSPS) is 11.3. The predicted molar refractivity (Wildman–Crippen MR) is 98.7 cm³/mol. The zero-order valence-corrected chi connectivity index (χ0v) is 15.1. The van der Waals surface area contributed by atoms with Crippen molar-refractivity contribution in [3.8, 4) is 17.3 Å². The number of hydrogen-bond donors (Lipinski definition) is 2. The molecule has 2 heterocycles. The molecule has 0 radical (unpaired) electrons. The Hall–Kier alpha value is -2.96. The molecule has 0 aliphatic rings. The number of carbonyl (C=O) groups is 1. The Bertz CT molecular complexity index is 952. The Morgan fingerprint density at radius 3 is 2.68 bits per heavy atom. The maximum absolute atomic E-state index is 12.5. The molecule has 25 heavy (non-hydrogen) atoms. The van der Waals surface area contributed by atoms with E-state index in [1.54, 1.807) is 13.3 Å². The number of nitrogens with zero attached hydrogens (tertiary/aromatic N) is 3. The summed E-state index contributed by atoms with van der Waals surface area (Å²) in [5.41, 5.74) is 9.52. The molecule has 3 rings (SSSR count). The van der Waals surface area contributed by atoms with Crippen LogP contribution >= 0.6 is 0 Å². The second kappa shape index (κ2) is 6.16. The van der Waals surface area contributed by atoms with Gasteiger partial charge in [-0.05, 0) is 32.0 Å². The SMILES string of the molecule is COc1c(C(=O)NC(C)C)cn(C)c1-c1nc2cc(N)ccc2n1C. The molecule has 7 nitrogen and oxygen atoms in total. The third kappa shape index (κ3) is 2.82. The van der Waals surface area contributed by atoms with Crippen molar-refractivity contribution in [1.29, 1.82) is 0 Å². The van der Waals surface area contributed by atoms with Crippen LogP contribution in [0, 0.1) is 0 Å². The van der Waals surface area contributed by atoms with Crippen LogP contribution in [0.25, 0.3) is 22.6 Å². The Balaban J connectivity index is 2.19. The Kier molecular flexibility index (Phi) is 4.16. The highest BCUT2D eigenvalue weighted by atomic mass is 16.5. The van der Waals surface area contributed by atoms with Crippen LogP contribution in [-0.2, 0) is 14.1 Å². The molecule has 3 aromatic rings. The lowest BCUT2D eigenvalue weighted by Gasteiger charge is -2.10. The molecule has 0 bridgehead atoms. The largest absolute Gasteiger partial charge is 0.494 e. The lowest BCUT2D eigenvalue weighted by atomic mass is 10.2. The van der Waals surface area contributed by atoms with Gasteiger partial charge in [0.05, 0.1) is 23.7 Å². The van der Waals surface area contributed by atoms with Gasteiger partial charge in [0.25, 0.3) is 5.91 Å². The number of imidazole rings is 1. The van der Waals surface area contributed by atoms with Crippen LogP contribution in [0.15, 0.2) is 24.4 Å². The van der Waals surface area contributed by atoms with Gasteiger partial charge in [0, 0.05) is 32.0 Å². The van der Waals surface area contributed by atoms with Gasteiger partial charge in [-0.1, -0.05) is 0 Å². The van der Waals surface area contributed by atoms with Crippen molar-refractivity contribution in [3.63, 3.8) is 0 Å². The van der Waals surface area contributed by atoms with Gasteiger partial charge in [0.2, 0.25) is 0 Å². The standard InChI is InChI=1S/C18H23N5O2/c1-10(2)20-18(24)12-9-22(3)15(16(12)25-5)17-21-13-8-11(19)6-7-14(13)23(17)4/h6-10H,19H2,1-5H3,(H,20,24). The van der Waals surface area contributed by atoms with Crippen molar-refractivity contribution in [2.45, 2.75) is 19.9 Å². The molecule has 2 aromatic heterocycles. The number of rotatable bonds is 4. The number of nitrogens with one attached hydrogen (secondary N) is 1. The number of ether oxygens (including phenoxy) is 1. The second-order valence-corrected chi connectivity index (χ2v) is 6.41. The number of benzene rings is 1. The fourth-order valence-electron chi connectivity index (χ4n) is 3.00. The van der Waals surface area contributed by atoms with Crippen LogP contribution in [0.2, 0.25) is 0 Å². The zero-order valence-electron chi connectivity index (χ0n) is 15.1. The third-order valence-corrected chi connectivity index (χ3v) is 4.12. The fourth-order valence-corrected chi connectivity index (χ4v) is 3.00. The number of amides is 1. The number of anilines is 1. The summed E-state index contributed by atoms with van der Waals surface area (Å²) in [5.74, 6) is 1.05. The molecule has 3 N–H and O–H groups in total. The van der Waals surface area contributed by atoms with Gasteiger partial charge in [0.15, 0.2) is 11.6 Å². The molecule has 0 atom stereocenters. The number of nitrogen functional groups attached to an aromatic ring is 1. The molecular weight excluding hydrogens is 318 g/mol. The first-order chi connectivity index (χ1) is 11.8. The molecule has 0 spiro atoms. The summed E-state index contributed by atoms with van der Waals surface area (Å²) < 4.78 is 9.40. The van der Waals surface area contributed by atoms with E-state index < -0.39 is 0 Å². The number of fused-ring (bicyclic) bond motifs is 1. The molecule has 0 fully saturated rings. The van der Waals surface area contributed by atoms with Crippen molar-refractivity contribution >= 4 is 22.6 Å². The highest BCUT2D eigenvalue weighted by Gasteiger charge is 2.25. The molecule has 1 aromatic carbocycles. The molecule has 0 unspecified atom stereocenters. The van der Waals surface area contributed by atoms with Crippen LogP contribution in [0.3, 0.4) is 0 Å². The summed E-state index contributed by atoms with van der Waals surface area (Å²) in [6, 6.07) is 5.65. The molecule has 132 valence electrons. The lowest BCUT2D eigenvalue weighted by molar-refractivity contribution is 0.0940. The van der Waals surface area contributed by atoms with Crippen molar-refractivity contribution in [2.75, 3.05) is 12.8 Å². The number of methoxy groups -OCH3 is 1. The number of nitrogens with two attached hydrogens (primary N) is 1. The summed E-state index contributed by atoms with van der Waals surface area (Å²) in [6.07, 6.45) is 1.76. The average Bonchev–Trinajstić information content (AvgIpc) is 3.03. The van der Waals surface area contributed by atoms with Gasteiger partial charge in [-0.25, -0.2) is 4.98 Å². The van der Waals surface area contributed by atoms with Crippen molar-refractivity contribution in [3.05, 3.63) is 30.0 Å². The van der Waals surface area contributed by atoms with Crippen molar-refractivity contribution < 1.29 is 9.53 Å². The number of carbonyl (C=O) groups excluding carboxylic acids is 1. The van der Waals surface area contributed by atoms with E-state index in [9.17, 15) is 4.79 Å². The van der Waals surface area contributed by atoms with Crippen molar-refractivity contribution in [1.82, 2.24) is 19.4 Å². The summed E-state index contributed by atoms with van der Waals surface area (Å²) in [4.78, 5) is 17.2. The Labute approximate surface area is 146 Å². The Morgan fingerprint density at radius 2 is 2.04 bits per heavy atom. The molecule has 0 aliphatic carbocycles. The Morgan fingerprint density at radius 1 is 1.32 bits per heavy atom. The van der Waals surface area contributed by atoms with Gasteiger partial charge in [-0.15, -0.1) is 0 Å². The zero-order chi connectivity index (χ0) is 18.3. The summed E-state index contributed by atoms with van der Waals surface area (Å²) in [6.45, 7) is 3.84. The average molecular weight is 341 g/mol. The molecule has 7 heteroatoms. The van der Waals surface area contributed by atoms with E-state index in [4.69, 9.17) is 15.5 Å². The summed E-state index contributed by atoms with van der Waals surface area (Å²) in [5, 5.41) is 2.90. The van der Waals surface area contributed by atoms with Crippen LogP contribution in [0.1, 0.15) is 24.2 Å². The minimum atomic E-state index is -0.170. The van der Waals surface area contributed by atoms with Gasteiger partial charge in [-0.2, -0.15) is 0 Å². The maximum atomic E-state index is 12.5. The van der Waals surface area contributed by atoms with Crippen LogP contribution in [0.5, 0.6) is 5.75 Å². The molecule has 1 amide bonds. The predicted octanol–water partition coefficient (Wildman–Crippen LogP) is 2.31. The summed E-state index contributed by atoms with van der Waals surface area (Å²) >= 11 is 0. The molecule has 0 aliphatic heterocycles. The monoisotopic (exact) mass is 341 g/mol. The van der Waals surface area contributed by atoms with Gasteiger partial charge < -0.3 is 24.9 Å². The van der Waals surface area contributed by atoms with Gasteiger partial charge in [-0.3, -0.25) is 4.79 Å². The minimum absolute atomic E-state index is 0.0413. The van der Waals surface area contributed by atoms with E-state index in [0.717, 1.165) is 16.7 Å². The third-order valence-electron chi connectivity index (χ3n) is 4.12. The first-order valence-corrected chi connectivity index (χ1v) is 8.10. The fraction of sp³-hybridized carbons (Fsp3) is 0.333. The topological polar surface area (TPSA) is 87.1 Å². The van der Waals surface area contributed by atoms with E-state index in [-0.39, 0.29) is 11.9 Å². The van der Waals surface area contributed by atoms with Crippen LogP contribution in [0.4, 0.5) is 5.69 Å². The summed E-state index contributed by atoms with van der Waals surface area (Å²) in [7, 11) is 5.37. The van der Waals surface area contributed by atoms with E-state index >= 15 is 0 Å². The van der Waals surface area contributed by atoms with Gasteiger partial charge in [0.1, 0.15) is 5.69 Å². The van der Waals surface area contributed by atoms with E-state index in [1.807, 2.05) is 55.3 Å². The molecular formula is C18H23N5O2. The number of aryl methyl sites for hydroxylation is 2. The first kappa shape index (κ1) is 16.9. The highest BCUT2D eigenvalue weighted by Crippen LogP contribution is 2.35. The maximum Gasteiger partial charge on any atom is 0.256 e. The number of hydrogen-bond acceptors (Lipinski definition) is 4. The van der Waals surface area contributed by atoms with E-state index in [1.165, 1.54) is 0 Å². The van der Waals surface area contributed by atoms with Crippen LogP contribution < -0.4 is 15.8 Å².